The second-order valence-electron chi connectivity index (χ2n) is 4.50. The van der Waals surface area contributed by atoms with Crippen LogP contribution in [0.5, 0.6) is 17.2 Å². The third kappa shape index (κ3) is 3.91. The minimum atomic E-state index is -0.902. The summed E-state index contributed by atoms with van der Waals surface area (Å²) in [6.07, 6.45) is 0. The maximum absolute atomic E-state index is 11.9. The SMILES string of the molecule is COc1ccc(NC(=O)C(=O)Nc2ccccc2O)cc1OC. The molecule has 2 aromatic carbocycles. The van der Waals surface area contributed by atoms with E-state index in [0.29, 0.717) is 17.2 Å². The molecule has 7 heteroatoms. The molecule has 3 N–H and O–H groups in total. The summed E-state index contributed by atoms with van der Waals surface area (Å²) in [4.78, 5) is 23.8. The van der Waals surface area contributed by atoms with Gasteiger partial charge in [0, 0.05) is 11.8 Å². The van der Waals surface area contributed by atoms with Crippen LogP contribution in [0.1, 0.15) is 0 Å². The number of phenolic OH excluding ortho intramolecular Hbond substituents is 1. The molecule has 0 aromatic heterocycles. The van der Waals surface area contributed by atoms with Gasteiger partial charge in [-0.25, -0.2) is 0 Å². The van der Waals surface area contributed by atoms with Gasteiger partial charge in [0.1, 0.15) is 5.75 Å². The van der Waals surface area contributed by atoms with Crippen LogP contribution in [-0.4, -0.2) is 31.1 Å². The number of nitrogens with one attached hydrogen (secondary N) is 2. The molecule has 2 aromatic rings. The molecule has 0 aliphatic carbocycles. The fourth-order valence-electron chi connectivity index (χ4n) is 1.86. The zero-order chi connectivity index (χ0) is 16.8. The summed E-state index contributed by atoms with van der Waals surface area (Å²) in [5.74, 6) is -0.975. The Balaban J connectivity index is 2.07. The molecule has 0 atom stereocenters. The summed E-state index contributed by atoms with van der Waals surface area (Å²) in [7, 11) is 2.96. The lowest BCUT2D eigenvalue weighted by Gasteiger charge is -2.11. The third-order valence-electron chi connectivity index (χ3n) is 3.00. The number of phenols is 1. The molecule has 2 amide bonds. The van der Waals surface area contributed by atoms with Crippen molar-refractivity contribution in [2.45, 2.75) is 0 Å². The molecule has 0 bridgehead atoms. The van der Waals surface area contributed by atoms with E-state index < -0.39 is 11.8 Å². The van der Waals surface area contributed by atoms with Crippen LogP contribution in [-0.2, 0) is 9.59 Å². The number of aromatic hydroxyl groups is 1. The maximum Gasteiger partial charge on any atom is 0.314 e. The highest BCUT2D eigenvalue weighted by Gasteiger charge is 2.16. The normalized spacial score (nSPS) is 9.83. The molecule has 0 fully saturated rings. The minimum Gasteiger partial charge on any atom is -0.506 e. The van der Waals surface area contributed by atoms with Crippen LogP contribution in [0.2, 0.25) is 0 Å². The molecule has 0 radical (unpaired) electrons. The molecular weight excluding hydrogens is 300 g/mol. The molecule has 0 unspecified atom stereocenters. The standard InChI is InChI=1S/C16H16N2O5/c1-22-13-8-7-10(9-14(13)23-2)17-15(20)16(21)18-11-5-3-4-6-12(11)19/h3-9,19H,1-2H3,(H,17,20)(H,18,21). The van der Waals surface area contributed by atoms with Gasteiger partial charge in [0.05, 0.1) is 19.9 Å². The molecule has 0 spiro atoms. The van der Waals surface area contributed by atoms with Crippen molar-refractivity contribution in [2.75, 3.05) is 24.9 Å². The molecular formula is C16H16N2O5. The number of para-hydroxylation sites is 2. The van der Waals surface area contributed by atoms with E-state index in [9.17, 15) is 14.7 Å². The van der Waals surface area contributed by atoms with Crippen LogP contribution >= 0.6 is 0 Å². The lowest BCUT2D eigenvalue weighted by Crippen LogP contribution is -2.29. The average molecular weight is 316 g/mol. The number of ether oxygens (including phenoxy) is 2. The summed E-state index contributed by atoms with van der Waals surface area (Å²) in [5.41, 5.74) is 0.528. The summed E-state index contributed by atoms with van der Waals surface area (Å²) >= 11 is 0. The van der Waals surface area contributed by atoms with Crippen LogP contribution < -0.4 is 20.1 Å². The van der Waals surface area contributed by atoms with Crippen LogP contribution in [0, 0.1) is 0 Å². The molecule has 0 aliphatic heterocycles. The van der Waals surface area contributed by atoms with Crippen molar-refractivity contribution in [1.29, 1.82) is 0 Å². The Morgan fingerprint density at radius 3 is 2.22 bits per heavy atom. The first-order chi connectivity index (χ1) is 11.0. The number of methoxy groups -OCH3 is 2. The second kappa shape index (κ2) is 7.17. The number of rotatable bonds is 4. The number of amides is 2. The van der Waals surface area contributed by atoms with E-state index in [1.54, 1.807) is 24.3 Å². The average Bonchev–Trinajstić information content (AvgIpc) is 2.56. The van der Waals surface area contributed by atoms with Gasteiger partial charge in [0.15, 0.2) is 11.5 Å². The lowest BCUT2D eigenvalue weighted by atomic mass is 10.2. The molecule has 120 valence electrons. The molecule has 0 saturated heterocycles. The molecule has 23 heavy (non-hydrogen) atoms. The Kier molecular flexibility index (Phi) is 5.03. The monoisotopic (exact) mass is 316 g/mol. The highest BCUT2D eigenvalue weighted by atomic mass is 16.5. The predicted molar refractivity (Wildman–Crippen MR) is 84.9 cm³/mol. The predicted octanol–water partition coefficient (Wildman–Crippen LogP) is 1.99. The minimum absolute atomic E-state index is 0.125. The zero-order valence-corrected chi connectivity index (χ0v) is 12.6. The quantitative estimate of drug-likeness (QED) is 0.592. The Hall–Kier alpha value is -3.22. The first kappa shape index (κ1) is 16.2. The first-order valence-electron chi connectivity index (χ1n) is 6.67. The molecule has 0 heterocycles. The Bertz CT molecular complexity index is 730. The number of carbonyl (C=O) groups excluding carboxylic acids is 2. The van der Waals surface area contributed by atoms with E-state index in [4.69, 9.17) is 9.47 Å². The van der Waals surface area contributed by atoms with E-state index in [1.165, 1.54) is 32.4 Å². The van der Waals surface area contributed by atoms with Crippen LogP contribution in [0.15, 0.2) is 42.5 Å². The Labute approximate surface area is 132 Å². The van der Waals surface area contributed by atoms with Crippen LogP contribution in [0.3, 0.4) is 0 Å². The summed E-state index contributed by atoms with van der Waals surface area (Å²) in [6.45, 7) is 0. The zero-order valence-electron chi connectivity index (χ0n) is 12.6. The highest BCUT2D eigenvalue weighted by Crippen LogP contribution is 2.29. The van der Waals surface area contributed by atoms with Gasteiger partial charge in [-0.15, -0.1) is 0 Å². The van der Waals surface area contributed by atoms with Crippen molar-refractivity contribution in [3.8, 4) is 17.2 Å². The van der Waals surface area contributed by atoms with E-state index >= 15 is 0 Å². The fraction of sp³-hybridized carbons (Fsp3) is 0.125. The van der Waals surface area contributed by atoms with Gasteiger partial charge in [-0.2, -0.15) is 0 Å². The van der Waals surface area contributed by atoms with E-state index in [0.717, 1.165) is 0 Å². The van der Waals surface area contributed by atoms with Gasteiger partial charge in [-0.05, 0) is 24.3 Å². The van der Waals surface area contributed by atoms with Gasteiger partial charge in [-0.1, -0.05) is 12.1 Å². The number of hydrogen-bond donors (Lipinski definition) is 3. The van der Waals surface area contributed by atoms with Crippen molar-refractivity contribution < 1.29 is 24.2 Å². The maximum atomic E-state index is 11.9. The van der Waals surface area contributed by atoms with Crippen molar-refractivity contribution >= 4 is 23.2 Å². The largest absolute Gasteiger partial charge is 0.506 e. The van der Waals surface area contributed by atoms with Crippen LogP contribution in [0.4, 0.5) is 11.4 Å². The van der Waals surface area contributed by atoms with Crippen LogP contribution in [0.25, 0.3) is 0 Å². The number of hydrogen-bond acceptors (Lipinski definition) is 5. The summed E-state index contributed by atoms with van der Waals surface area (Å²) in [6, 6.07) is 10.8. The molecule has 2 rings (SSSR count). The first-order valence-corrected chi connectivity index (χ1v) is 6.67. The Morgan fingerprint density at radius 1 is 0.913 bits per heavy atom. The number of anilines is 2. The van der Waals surface area contributed by atoms with E-state index in [1.807, 2.05) is 0 Å². The van der Waals surface area contributed by atoms with Gasteiger partial charge in [0.2, 0.25) is 0 Å². The summed E-state index contributed by atoms with van der Waals surface area (Å²) < 4.78 is 10.2. The third-order valence-corrected chi connectivity index (χ3v) is 3.00. The van der Waals surface area contributed by atoms with Gasteiger partial charge in [-0.3, -0.25) is 9.59 Å². The topological polar surface area (TPSA) is 96.9 Å². The van der Waals surface area contributed by atoms with Crippen molar-refractivity contribution in [3.05, 3.63) is 42.5 Å². The lowest BCUT2D eigenvalue weighted by molar-refractivity contribution is -0.133. The summed E-state index contributed by atoms with van der Waals surface area (Å²) in [5, 5.41) is 14.3. The van der Waals surface area contributed by atoms with Gasteiger partial charge < -0.3 is 25.2 Å². The number of carbonyl (C=O) groups is 2. The smallest absolute Gasteiger partial charge is 0.314 e. The highest BCUT2D eigenvalue weighted by molar-refractivity contribution is 6.43. The molecule has 0 saturated carbocycles. The molecule has 7 nitrogen and oxygen atoms in total. The van der Waals surface area contributed by atoms with Crippen molar-refractivity contribution in [3.63, 3.8) is 0 Å². The van der Waals surface area contributed by atoms with E-state index in [2.05, 4.69) is 10.6 Å². The second-order valence-corrected chi connectivity index (χ2v) is 4.50. The fourth-order valence-corrected chi connectivity index (χ4v) is 1.86. The number of benzene rings is 2. The van der Waals surface area contributed by atoms with Gasteiger partial charge >= 0.3 is 11.8 Å². The van der Waals surface area contributed by atoms with Crippen molar-refractivity contribution in [2.24, 2.45) is 0 Å². The van der Waals surface area contributed by atoms with E-state index in [-0.39, 0.29) is 11.4 Å². The van der Waals surface area contributed by atoms with Gasteiger partial charge in [0.25, 0.3) is 0 Å². The Morgan fingerprint density at radius 2 is 1.57 bits per heavy atom. The van der Waals surface area contributed by atoms with Crippen molar-refractivity contribution in [1.82, 2.24) is 0 Å². The molecule has 0 aliphatic rings.